The summed E-state index contributed by atoms with van der Waals surface area (Å²) < 4.78 is 6.10. The van der Waals surface area contributed by atoms with Gasteiger partial charge in [-0.1, -0.05) is 24.6 Å². The normalized spacial score (nSPS) is 15.7. The fourth-order valence-corrected chi connectivity index (χ4v) is 2.97. The van der Waals surface area contributed by atoms with Crippen LogP contribution in [0.15, 0.2) is 30.3 Å². The molecule has 23 heavy (non-hydrogen) atoms. The quantitative estimate of drug-likeness (QED) is 0.863. The molecule has 0 atom stereocenters. The Labute approximate surface area is 138 Å². The number of aryl methyl sites for hydroxylation is 3. The van der Waals surface area contributed by atoms with Crippen molar-refractivity contribution < 1.29 is 4.74 Å². The molecule has 1 saturated heterocycles. The first-order valence-electron chi connectivity index (χ1n) is 8.47. The highest BCUT2D eigenvalue weighted by Gasteiger charge is 2.22. The Morgan fingerprint density at radius 1 is 1.09 bits per heavy atom. The SMILES string of the molecule is CCc1cc(N2CCC(Oc3ccc(C)cc3)CC2)nc(C)n1. The summed E-state index contributed by atoms with van der Waals surface area (Å²) in [5, 5.41) is 0. The van der Waals surface area contributed by atoms with Gasteiger partial charge in [0.15, 0.2) is 0 Å². The van der Waals surface area contributed by atoms with Crippen LogP contribution in [0.25, 0.3) is 0 Å². The summed E-state index contributed by atoms with van der Waals surface area (Å²) in [7, 11) is 0. The lowest BCUT2D eigenvalue weighted by atomic mass is 10.1. The minimum Gasteiger partial charge on any atom is -0.490 e. The van der Waals surface area contributed by atoms with E-state index in [0.29, 0.717) is 6.10 Å². The molecule has 0 N–H and O–H groups in total. The minimum absolute atomic E-state index is 0.294. The fraction of sp³-hybridized carbons (Fsp3) is 0.474. The first-order valence-corrected chi connectivity index (χ1v) is 8.47. The van der Waals surface area contributed by atoms with E-state index < -0.39 is 0 Å². The van der Waals surface area contributed by atoms with Crippen molar-refractivity contribution >= 4 is 5.82 Å². The van der Waals surface area contributed by atoms with Gasteiger partial charge in [0.05, 0.1) is 0 Å². The third-order valence-corrected chi connectivity index (χ3v) is 4.33. The van der Waals surface area contributed by atoms with Gasteiger partial charge in [0, 0.05) is 37.7 Å². The van der Waals surface area contributed by atoms with Crippen LogP contribution in [0, 0.1) is 13.8 Å². The van der Waals surface area contributed by atoms with Gasteiger partial charge in [-0.2, -0.15) is 0 Å². The largest absolute Gasteiger partial charge is 0.490 e. The van der Waals surface area contributed by atoms with Gasteiger partial charge in [-0.25, -0.2) is 9.97 Å². The molecule has 3 rings (SSSR count). The summed E-state index contributed by atoms with van der Waals surface area (Å²) in [6.07, 6.45) is 3.29. The Morgan fingerprint density at radius 3 is 2.43 bits per heavy atom. The van der Waals surface area contributed by atoms with Crippen LogP contribution >= 0.6 is 0 Å². The molecule has 1 aliphatic heterocycles. The van der Waals surface area contributed by atoms with E-state index >= 15 is 0 Å². The fourth-order valence-electron chi connectivity index (χ4n) is 2.97. The molecule has 0 amide bonds. The van der Waals surface area contributed by atoms with Crippen LogP contribution in [0.3, 0.4) is 0 Å². The van der Waals surface area contributed by atoms with Gasteiger partial charge in [0.1, 0.15) is 23.5 Å². The van der Waals surface area contributed by atoms with Crippen LogP contribution < -0.4 is 9.64 Å². The molecule has 4 heteroatoms. The summed E-state index contributed by atoms with van der Waals surface area (Å²) in [4.78, 5) is 11.4. The van der Waals surface area contributed by atoms with Gasteiger partial charge in [0.25, 0.3) is 0 Å². The van der Waals surface area contributed by atoms with Crippen molar-refractivity contribution in [2.24, 2.45) is 0 Å². The number of hydrogen-bond donors (Lipinski definition) is 0. The van der Waals surface area contributed by atoms with E-state index in [-0.39, 0.29) is 0 Å². The van der Waals surface area contributed by atoms with Gasteiger partial charge >= 0.3 is 0 Å². The van der Waals surface area contributed by atoms with Gasteiger partial charge in [0.2, 0.25) is 0 Å². The zero-order chi connectivity index (χ0) is 16.2. The van der Waals surface area contributed by atoms with E-state index in [0.717, 1.165) is 55.4 Å². The van der Waals surface area contributed by atoms with Gasteiger partial charge in [-0.15, -0.1) is 0 Å². The van der Waals surface area contributed by atoms with E-state index in [1.165, 1.54) is 5.56 Å². The highest BCUT2D eigenvalue weighted by atomic mass is 16.5. The van der Waals surface area contributed by atoms with Gasteiger partial charge < -0.3 is 9.64 Å². The van der Waals surface area contributed by atoms with E-state index in [1.807, 2.05) is 6.92 Å². The molecular weight excluding hydrogens is 286 g/mol. The summed E-state index contributed by atoms with van der Waals surface area (Å²) >= 11 is 0. The van der Waals surface area contributed by atoms with Crippen molar-refractivity contribution in [3.8, 4) is 5.75 Å². The number of benzene rings is 1. The highest BCUT2D eigenvalue weighted by Crippen LogP contribution is 2.23. The van der Waals surface area contributed by atoms with Gasteiger partial charge in [-0.3, -0.25) is 0 Å². The number of anilines is 1. The maximum absolute atomic E-state index is 6.10. The van der Waals surface area contributed by atoms with Crippen molar-refractivity contribution in [2.75, 3.05) is 18.0 Å². The van der Waals surface area contributed by atoms with Crippen LogP contribution in [0.4, 0.5) is 5.82 Å². The second-order valence-electron chi connectivity index (χ2n) is 6.24. The third kappa shape index (κ3) is 4.01. The maximum atomic E-state index is 6.10. The van der Waals surface area contributed by atoms with Crippen molar-refractivity contribution in [1.29, 1.82) is 0 Å². The van der Waals surface area contributed by atoms with Crippen LogP contribution in [-0.2, 0) is 6.42 Å². The monoisotopic (exact) mass is 311 g/mol. The highest BCUT2D eigenvalue weighted by molar-refractivity contribution is 5.40. The van der Waals surface area contributed by atoms with Crippen molar-refractivity contribution in [3.63, 3.8) is 0 Å². The molecule has 0 saturated carbocycles. The number of nitrogens with zero attached hydrogens (tertiary/aromatic N) is 3. The first-order chi connectivity index (χ1) is 11.1. The smallest absolute Gasteiger partial charge is 0.132 e. The van der Waals surface area contributed by atoms with E-state index in [1.54, 1.807) is 0 Å². The molecule has 122 valence electrons. The first kappa shape index (κ1) is 15.8. The number of ether oxygens (including phenoxy) is 1. The molecule has 1 aromatic carbocycles. The van der Waals surface area contributed by atoms with Crippen LogP contribution in [0.1, 0.15) is 36.8 Å². The Hall–Kier alpha value is -2.10. The van der Waals surface area contributed by atoms with Crippen LogP contribution in [0.5, 0.6) is 5.75 Å². The molecule has 1 fully saturated rings. The Morgan fingerprint density at radius 2 is 1.78 bits per heavy atom. The molecule has 2 aromatic rings. The second-order valence-corrected chi connectivity index (χ2v) is 6.24. The van der Waals surface area contributed by atoms with Crippen molar-refractivity contribution in [2.45, 2.75) is 46.1 Å². The van der Waals surface area contributed by atoms with Gasteiger partial charge in [-0.05, 0) is 32.4 Å². The number of hydrogen-bond acceptors (Lipinski definition) is 4. The predicted octanol–water partition coefficient (Wildman–Crippen LogP) is 3.70. The lowest BCUT2D eigenvalue weighted by Gasteiger charge is -2.33. The summed E-state index contributed by atoms with van der Waals surface area (Å²) in [6.45, 7) is 8.16. The molecular formula is C19H25N3O. The lowest BCUT2D eigenvalue weighted by Crippen LogP contribution is -2.38. The molecule has 0 unspecified atom stereocenters. The van der Waals surface area contributed by atoms with E-state index in [2.05, 4.69) is 59.0 Å². The van der Waals surface area contributed by atoms with Crippen molar-refractivity contribution in [3.05, 3.63) is 47.4 Å². The Kier molecular flexibility index (Phi) is 4.79. The third-order valence-electron chi connectivity index (χ3n) is 4.33. The number of aromatic nitrogens is 2. The summed E-state index contributed by atoms with van der Waals surface area (Å²) in [5.41, 5.74) is 2.38. The number of rotatable bonds is 4. The average molecular weight is 311 g/mol. The average Bonchev–Trinajstić information content (AvgIpc) is 2.57. The second kappa shape index (κ2) is 6.99. The molecule has 1 aromatic heterocycles. The molecule has 0 spiro atoms. The molecule has 0 bridgehead atoms. The maximum Gasteiger partial charge on any atom is 0.132 e. The molecule has 1 aliphatic rings. The van der Waals surface area contributed by atoms with Crippen molar-refractivity contribution in [1.82, 2.24) is 9.97 Å². The molecule has 2 heterocycles. The van der Waals surface area contributed by atoms with Crippen LogP contribution in [-0.4, -0.2) is 29.2 Å². The summed E-state index contributed by atoms with van der Waals surface area (Å²) in [6, 6.07) is 10.4. The molecule has 0 aliphatic carbocycles. The molecule has 4 nitrogen and oxygen atoms in total. The van der Waals surface area contributed by atoms with Crippen LogP contribution in [0.2, 0.25) is 0 Å². The standard InChI is InChI=1S/C19H25N3O/c1-4-16-13-19(21-15(3)20-16)22-11-9-18(10-12-22)23-17-7-5-14(2)6-8-17/h5-8,13,18H,4,9-12H2,1-3H3. The zero-order valence-corrected chi connectivity index (χ0v) is 14.2. The number of piperidine rings is 1. The summed E-state index contributed by atoms with van der Waals surface area (Å²) in [5.74, 6) is 2.89. The minimum atomic E-state index is 0.294. The predicted molar refractivity (Wildman–Crippen MR) is 93.2 cm³/mol. The Balaban J connectivity index is 1.60. The molecule has 0 radical (unpaired) electrons. The van der Waals surface area contributed by atoms with E-state index in [4.69, 9.17) is 4.74 Å². The topological polar surface area (TPSA) is 38.2 Å². The Bertz CT molecular complexity index is 646. The lowest BCUT2D eigenvalue weighted by molar-refractivity contribution is 0.170. The zero-order valence-electron chi connectivity index (χ0n) is 14.2. The van der Waals surface area contributed by atoms with E-state index in [9.17, 15) is 0 Å².